The van der Waals surface area contributed by atoms with Gasteiger partial charge in [-0.05, 0) is 35.7 Å². The number of nitriles is 1. The Morgan fingerprint density at radius 2 is 2.20 bits per heavy atom. The summed E-state index contributed by atoms with van der Waals surface area (Å²) in [5.41, 5.74) is 0.718. The number of anilines is 1. The molecule has 0 aliphatic heterocycles. The molecule has 0 saturated heterocycles. The molecule has 0 radical (unpaired) electrons. The third-order valence-corrected chi connectivity index (χ3v) is 5.28. The maximum atomic E-state index is 13.2. The Kier molecular flexibility index (Phi) is 5.24. The molecule has 0 aliphatic carbocycles. The van der Waals surface area contributed by atoms with Gasteiger partial charge in [0.1, 0.15) is 22.5 Å². The molecule has 1 amide bonds. The fourth-order valence-corrected chi connectivity index (χ4v) is 3.71. The Morgan fingerprint density at radius 3 is 2.88 bits per heavy atom. The highest BCUT2D eigenvalue weighted by Gasteiger charge is 2.12. The predicted octanol–water partition coefficient (Wildman–Crippen LogP) is 5.21. The summed E-state index contributed by atoms with van der Waals surface area (Å²) >= 11 is 8.68. The number of thiophene rings is 1. The van der Waals surface area contributed by atoms with Gasteiger partial charge in [-0.2, -0.15) is 5.26 Å². The van der Waals surface area contributed by atoms with E-state index in [4.69, 9.17) is 11.6 Å². The number of carbonyl (C=O) groups is 1. The first-order valence-electron chi connectivity index (χ1n) is 6.94. The van der Waals surface area contributed by atoms with Gasteiger partial charge in [-0.3, -0.25) is 4.79 Å². The highest BCUT2D eigenvalue weighted by atomic mass is 35.5. The molecule has 0 saturated carbocycles. The van der Waals surface area contributed by atoms with Gasteiger partial charge in [0.25, 0.3) is 5.91 Å². The number of nitrogens with zero attached hydrogens (tertiary/aromatic N) is 2. The highest BCUT2D eigenvalue weighted by Crippen LogP contribution is 2.28. The molecule has 0 atom stereocenters. The van der Waals surface area contributed by atoms with E-state index in [0.29, 0.717) is 11.4 Å². The normalized spacial score (nSPS) is 11.2. The van der Waals surface area contributed by atoms with Gasteiger partial charge < -0.3 is 5.32 Å². The first kappa shape index (κ1) is 17.3. The van der Waals surface area contributed by atoms with Crippen LogP contribution in [0, 0.1) is 17.1 Å². The van der Waals surface area contributed by atoms with Crippen molar-refractivity contribution in [2.75, 3.05) is 5.32 Å². The molecule has 2 aromatic heterocycles. The van der Waals surface area contributed by atoms with E-state index < -0.39 is 11.7 Å². The molecule has 3 rings (SSSR count). The molecule has 124 valence electrons. The van der Waals surface area contributed by atoms with E-state index >= 15 is 0 Å². The number of amides is 1. The first-order valence-corrected chi connectivity index (χ1v) is 9.08. The minimum Gasteiger partial charge on any atom is -0.321 e. The molecule has 0 unspecified atom stereocenters. The molecular weight excluding hydrogens is 381 g/mol. The molecule has 0 spiro atoms. The molecule has 1 aromatic carbocycles. The van der Waals surface area contributed by atoms with E-state index in [9.17, 15) is 14.4 Å². The summed E-state index contributed by atoms with van der Waals surface area (Å²) in [4.78, 5) is 17.6. The van der Waals surface area contributed by atoms with Gasteiger partial charge in [0.05, 0.1) is 15.6 Å². The van der Waals surface area contributed by atoms with Crippen molar-refractivity contribution < 1.29 is 9.18 Å². The van der Waals surface area contributed by atoms with Crippen molar-refractivity contribution in [1.82, 2.24) is 4.98 Å². The Balaban J connectivity index is 1.79. The van der Waals surface area contributed by atoms with Crippen LogP contribution in [0.2, 0.25) is 5.02 Å². The van der Waals surface area contributed by atoms with Gasteiger partial charge in [-0.15, -0.1) is 22.7 Å². The van der Waals surface area contributed by atoms with Gasteiger partial charge in [0.2, 0.25) is 0 Å². The van der Waals surface area contributed by atoms with Crippen LogP contribution in [0.15, 0.2) is 46.7 Å². The number of hydrogen-bond acceptors (Lipinski definition) is 5. The summed E-state index contributed by atoms with van der Waals surface area (Å²) < 4.78 is 13.2. The maximum Gasteiger partial charge on any atom is 0.266 e. The van der Waals surface area contributed by atoms with Crippen LogP contribution in [0.4, 0.5) is 10.1 Å². The zero-order valence-corrected chi connectivity index (χ0v) is 14.9. The van der Waals surface area contributed by atoms with E-state index in [0.717, 1.165) is 16.0 Å². The number of hydrogen-bond donors (Lipinski definition) is 1. The summed E-state index contributed by atoms with van der Waals surface area (Å²) in [6.45, 7) is 0. The van der Waals surface area contributed by atoms with Crippen LogP contribution in [0.1, 0.15) is 5.69 Å². The van der Waals surface area contributed by atoms with Gasteiger partial charge in [-0.25, -0.2) is 9.37 Å². The molecule has 8 heteroatoms. The van der Waals surface area contributed by atoms with Crippen molar-refractivity contribution in [2.45, 2.75) is 0 Å². The van der Waals surface area contributed by atoms with Crippen LogP contribution >= 0.6 is 34.3 Å². The molecule has 0 bridgehead atoms. The van der Waals surface area contributed by atoms with Crippen molar-refractivity contribution in [3.63, 3.8) is 0 Å². The lowest BCUT2D eigenvalue weighted by Crippen LogP contribution is -2.13. The van der Waals surface area contributed by atoms with Crippen LogP contribution < -0.4 is 5.32 Å². The van der Waals surface area contributed by atoms with Crippen molar-refractivity contribution in [1.29, 1.82) is 5.26 Å². The Labute approximate surface area is 155 Å². The van der Waals surface area contributed by atoms with Gasteiger partial charge >= 0.3 is 0 Å². The second kappa shape index (κ2) is 7.57. The van der Waals surface area contributed by atoms with Crippen molar-refractivity contribution in [2.24, 2.45) is 0 Å². The minimum atomic E-state index is -0.615. The van der Waals surface area contributed by atoms with Crippen LogP contribution in [-0.2, 0) is 4.79 Å². The lowest BCUT2D eigenvalue weighted by Gasteiger charge is -2.04. The maximum absolute atomic E-state index is 13.2. The predicted molar refractivity (Wildman–Crippen MR) is 99.1 cm³/mol. The summed E-state index contributed by atoms with van der Waals surface area (Å²) in [5, 5.41) is 16.2. The number of nitrogens with one attached hydrogen (secondary N) is 1. The molecule has 4 nitrogen and oxygen atoms in total. The number of benzene rings is 1. The van der Waals surface area contributed by atoms with E-state index in [-0.39, 0.29) is 10.6 Å². The fraction of sp³-hybridized carbons (Fsp3) is 0. The van der Waals surface area contributed by atoms with Crippen LogP contribution in [0.25, 0.3) is 16.0 Å². The van der Waals surface area contributed by atoms with Gasteiger partial charge in [0.15, 0.2) is 0 Å². The van der Waals surface area contributed by atoms with Crippen molar-refractivity contribution >= 4 is 51.9 Å². The number of rotatable bonds is 4. The van der Waals surface area contributed by atoms with E-state index in [1.807, 2.05) is 23.6 Å². The van der Waals surface area contributed by atoms with Gasteiger partial charge in [-0.1, -0.05) is 17.7 Å². The molecule has 1 N–H and O–H groups in total. The number of thiazole rings is 1. The lowest BCUT2D eigenvalue weighted by molar-refractivity contribution is -0.112. The van der Waals surface area contributed by atoms with Gasteiger partial charge in [0, 0.05) is 11.1 Å². The Hall–Kier alpha value is -2.53. The largest absolute Gasteiger partial charge is 0.321 e. The zero-order valence-electron chi connectivity index (χ0n) is 12.5. The Morgan fingerprint density at radius 1 is 1.36 bits per heavy atom. The number of aromatic nitrogens is 1. The number of carbonyl (C=O) groups excluding carboxylic acids is 1. The molecule has 0 aliphatic rings. The first-order chi connectivity index (χ1) is 12.1. The lowest BCUT2D eigenvalue weighted by atomic mass is 10.2. The second-order valence-electron chi connectivity index (χ2n) is 4.81. The standard InChI is InChI=1S/C17H9ClFN3OS2/c18-13-7-11(3-4-14(13)19)21-16(23)10(8-20)6-12-9-25-17(22-12)15-2-1-5-24-15/h1-7,9H,(H,21,23)/b10-6-. The average molecular weight is 390 g/mol. The van der Waals surface area contributed by atoms with E-state index in [1.165, 1.54) is 29.5 Å². The van der Waals surface area contributed by atoms with E-state index in [2.05, 4.69) is 10.3 Å². The highest BCUT2D eigenvalue weighted by molar-refractivity contribution is 7.20. The molecule has 25 heavy (non-hydrogen) atoms. The van der Waals surface area contributed by atoms with Crippen molar-refractivity contribution in [3.05, 3.63) is 63.2 Å². The third kappa shape index (κ3) is 4.12. The van der Waals surface area contributed by atoms with Crippen LogP contribution in [0.3, 0.4) is 0 Å². The summed E-state index contributed by atoms with van der Waals surface area (Å²) in [6.07, 6.45) is 1.41. The molecular formula is C17H9ClFN3OS2. The molecule has 2 heterocycles. The Bertz CT molecular complexity index is 990. The van der Waals surface area contributed by atoms with Crippen LogP contribution in [0.5, 0.6) is 0 Å². The fourth-order valence-electron chi connectivity index (χ4n) is 1.93. The van der Waals surface area contributed by atoms with Crippen molar-refractivity contribution in [3.8, 4) is 16.0 Å². The SMILES string of the molecule is N#C/C(=C/c1csc(-c2cccs2)n1)C(=O)Nc1ccc(F)c(Cl)c1. The minimum absolute atomic E-state index is 0.108. The third-order valence-electron chi connectivity index (χ3n) is 3.09. The molecule has 0 fully saturated rings. The summed E-state index contributed by atoms with van der Waals surface area (Å²) in [7, 11) is 0. The monoisotopic (exact) mass is 389 g/mol. The van der Waals surface area contributed by atoms with E-state index in [1.54, 1.807) is 16.7 Å². The molecule has 3 aromatic rings. The topological polar surface area (TPSA) is 65.8 Å². The second-order valence-corrected chi connectivity index (χ2v) is 7.02. The average Bonchev–Trinajstić information content (AvgIpc) is 3.27. The quantitative estimate of drug-likeness (QED) is 0.492. The zero-order chi connectivity index (χ0) is 17.8. The summed E-state index contributed by atoms with van der Waals surface area (Å²) in [5.74, 6) is -1.20. The van der Waals surface area contributed by atoms with Crippen LogP contribution in [-0.4, -0.2) is 10.9 Å². The smallest absolute Gasteiger partial charge is 0.266 e. The number of halogens is 2. The summed E-state index contributed by atoms with van der Waals surface area (Å²) in [6, 6.07) is 9.52.